The fourth-order valence-electron chi connectivity index (χ4n) is 2.48. The number of ether oxygens (including phenoxy) is 2. The first-order chi connectivity index (χ1) is 12.6. The van der Waals surface area contributed by atoms with E-state index in [4.69, 9.17) is 9.47 Å². The minimum Gasteiger partial charge on any atom is -0.491 e. The first kappa shape index (κ1) is 17.8. The molecule has 0 aliphatic carbocycles. The third-order valence-electron chi connectivity index (χ3n) is 3.99. The number of hydrogen-bond donors (Lipinski definition) is 1. The van der Waals surface area contributed by atoms with Gasteiger partial charge in [-0.2, -0.15) is 0 Å². The summed E-state index contributed by atoms with van der Waals surface area (Å²) in [6.07, 6.45) is 0. The Balaban J connectivity index is 1.76. The van der Waals surface area contributed by atoms with Crippen molar-refractivity contribution in [2.75, 3.05) is 25.6 Å². The molecule has 0 unspecified atom stereocenters. The van der Waals surface area contributed by atoms with Gasteiger partial charge in [-0.3, -0.25) is 4.79 Å². The maximum atomic E-state index is 12.6. The van der Waals surface area contributed by atoms with Crippen LogP contribution in [0.15, 0.2) is 42.5 Å². The number of carbonyl (C=O) groups excluding carboxylic acids is 1. The third kappa shape index (κ3) is 4.15. The van der Waals surface area contributed by atoms with Gasteiger partial charge in [0.25, 0.3) is 5.91 Å². The quantitative estimate of drug-likeness (QED) is 0.688. The van der Waals surface area contributed by atoms with Gasteiger partial charge in [-0.05, 0) is 44.2 Å². The fourth-order valence-corrected chi connectivity index (χ4v) is 2.48. The Morgan fingerprint density at radius 3 is 2.54 bits per heavy atom. The summed E-state index contributed by atoms with van der Waals surface area (Å²) in [5.41, 5.74) is 4.42. The second-order valence-electron chi connectivity index (χ2n) is 5.92. The zero-order chi connectivity index (χ0) is 18.5. The summed E-state index contributed by atoms with van der Waals surface area (Å²) < 4.78 is 10.5. The number of aryl methyl sites for hydroxylation is 2. The molecule has 26 heavy (non-hydrogen) atoms. The predicted molar refractivity (Wildman–Crippen MR) is 101 cm³/mol. The normalized spacial score (nSPS) is 10.7. The largest absolute Gasteiger partial charge is 0.491 e. The number of amides is 1. The lowest BCUT2D eigenvalue weighted by Gasteiger charge is -2.09. The number of benzene rings is 2. The summed E-state index contributed by atoms with van der Waals surface area (Å²) >= 11 is 0. The molecule has 0 bridgehead atoms. The molecule has 6 nitrogen and oxygen atoms in total. The van der Waals surface area contributed by atoms with Gasteiger partial charge in [0.1, 0.15) is 12.4 Å². The Morgan fingerprint density at radius 1 is 1.00 bits per heavy atom. The van der Waals surface area contributed by atoms with E-state index in [1.807, 2.05) is 38.1 Å². The van der Waals surface area contributed by atoms with Crippen molar-refractivity contribution in [2.45, 2.75) is 13.8 Å². The second-order valence-corrected chi connectivity index (χ2v) is 5.92. The Kier molecular flexibility index (Phi) is 5.43. The minimum atomic E-state index is -0.207. The van der Waals surface area contributed by atoms with Gasteiger partial charge in [-0.15, -0.1) is 0 Å². The molecule has 0 atom stereocenters. The first-order valence-electron chi connectivity index (χ1n) is 8.35. The van der Waals surface area contributed by atoms with Crippen LogP contribution in [0.1, 0.15) is 21.7 Å². The summed E-state index contributed by atoms with van der Waals surface area (Å²) in [7, 11) is 1.62. The van der Waals surface area contributed by atoms with E-state index in [2.05, 4.69) is 15.3 Å². The highest BCUT2D eigenvalue weighted by Crippen LogP contribution is 2.19. The number of anilines is 1. The molecule has 0 aliphatic heterocycles. The van der Waals surface area contributed by atoms with Crippen LogP contribution in [0.4, 0.5) is 5.69 Å². The maximum Gasteiger partial charge on any atom is 0.255 e. The Hall–Kier alpha value is -2.99. The van der Waals surface area contributed by atoms with E-state index in [0.717, 1.165) is 16.9 Å². The summed E-state index contributed by atoms with van der Waals surface area (Å²) in [6.45, 7) is 4.79. The van der Waals surface area contributed by atoms with Gasteiger partial charge in [0, 0.05) is 24.4 Å². The standard InChI is InChI=1S/C20H21N3O3/c1-13-14(2)22-19-11-15(7-8-18(19)21-13)20(24)23-16-5-4-6-17(12-16)26-10-9-25-3/h4-8,11-12H,9-10H2,1-3H3,(H,23,24). The van der Waals surface area contributed by atoms with Gasteiger partial charge in [0.2, 0.25) is 0 Å². The number of aromatic nitrogens is 2. The van der Waals surface area contributed by atoms with E-state index in [0.29, 0.717) is 35.7 Å². The topological polar surface area (TPSA) is 73.3 Å². The molecule has 0 saturated carbocycles. The van der Waals surface area contributed by atoms with Gasteiger partial charge in [-0.1, -0.05) is 6.07 Å². The highest BCUT2D eigenvalue weighted by Gasteiger charge is 2.10. The number of fused-ring (bicyclic) bond motifs is 1. The van der Waals surface area contributed by atoms with Crippen molar-refractivity contribution >= 4 is 22.6 Å². The van der Waals surface area contributed by atoms with Gasteiger partial charge >= 0.3 is 0 Å². The Morgan fingerprint density at radius 2 is 1.77 bits per heavy atom. The molecule has 0 fully saturated rings. The molecule has 2 aromatic carbocycles. The SMILES string of the molecule is COCCOc1cccc(NC(=O)c2ccc3nc(C)c(C)nc3c2)c1. The molecule has 1 amide bonds. The lowest BCUT2D eigenvalue weighted by Crippen LogP contribution is -2.12. The molecule has 3 rings (SSSR count). The van der Waals surface area contributed by atoms with Gasteiger partial charge < -0.3 is 14.8 Å². The van der Waals surface area contributed by atoms with Crippen LogP contribution in [0.2, 0.25) is 0 Å². The minimum absolute atomic E-state index is 0.207. The molecular formula is C20H21N3O3. The van der Waals surface area contributed by atoms with E-state index in [1.54, 1.807) is 25.3 Å². The zero-order valence-corrected chi connectivity index (χ0v) is 15.1. The van der Waals surface area contributed by atoms with Crippen LogP contribution in [-0.2, 0) is 4.74 Å². The van der Waals surface area contributed by atoms with Crippen molar-refractivity contribution in [1.82, 2.24) is 9.97 Å². The highest BCUT2D eigenvalue weighted by molar-refractivity contribution is 6.05. The molecule has 3 aromatic rings. The van der Waals surface area contributed by atoms with E-state index >= 15 is 0 Å². The number of nitrogens with one attached hydrogen (secondary N) is 1. The van der Waals surface area contributed by atoms with Crippen molar-refractivity contribution in [3.05, 3.63) is 59.4 Å². The van der Waals surface area contributed by atoms with E-state index in [-0.39, 0.29) is 5.91 Å². The van der Waals surface area contributed by atoms with Crippen LogP contribution in [0.25, 0.3) is 11.0 Å². The molecule has 134 valence electrons. The molecule has 0 saturated heterocycles. The highest BCUT2D eigenvalue weighted by atomic mass is 16.5. The van der Waals surface area contributed by atoms with Crippen molar-refractivity contribution in [3.8, 4) is 5.75 Å². The van der Waals surface area contributed by atoms with Crippen LogP contribution in [0.3, 0.4) is 0 Å². The average Bonchev–Trinajstić information content (AvgIpc) is 2.63. The third-order valence-corrected chi connectivity index (χ3v) is 3.99. The van der Waals surface area contributed by atoms with Crippen molar-refractivity contribution < 1.29 is 14.3 Å². The van der Waals surface area contributed by atoms with E-state index in [1.165, 1.54) is 0 Å². The van der Waals surface area contributed by atoms with Crippen LogP contribution < -0.4 is 10.1 Å². The average molecular weight is 351 g/mol. The van der Waals surface area contributed by atoms with Crippen LogP contribution in [-0.4, -0.2) is 36.2 Å². The van der Waals surface area contributed by atoms with Crippen LogP contribution >= 0.6 is 0 Å². The van der Waals surface area contributed by atoms with Crippen LogP contribution in [0, 0.1) is 13.8 Å². The molecule has 6 heteroatoms. The van der Waals surface area contributed by atoms with Crippen molar-refractivity contribution in [3.63, 3.8) is 0 Å². The first-order valence-corrected chi connectivity index (χ1v) is 8.35. The lowest BCUT2D eigenvalue weighted by molar-refractivity contribution is 0.102. The zero-order valence-electron chi connectivity index (χ0n) is 15.1. The summed E-state index contributed by atoms with van der Waals surface area (Å²) in [5.74, 6) is 0.469. The van der Waals surface area contributed by atoms with Crippen molar-refractivity contribution in [1.29, 1.82) is 0 Å². The molecule has 0 aliphatic rings. The summed E-state index contributed by atoms with van der Waals surface area (Å²) in [6, 6.07) is 12.6. The smallest absolute Gasteiger partial charge is 0.255 e. The Labute approximate surface area is 152 Å². The van der Waals surface area contributed by atoms with E-state index in [9.17, 15) is 4.79 Å². The van der Waals surface area contributed by atoms with E-state index < -0.39 is 0 Å². The fraction of sp³-hybridized carbons (Fsp3) is 0.250. The molecular weight excluding hydrogens is 330 g/mol. The number of nitrogens with zero attached hydrogens (tertiary/aromatic N) is 2. The number of rotatable bonds is 6. The number of carbonyl (C=O) groups is 1. The maximum absolute atomic E-state index is 12.6. The number of hydrogen-bond acceptors (Lipinski definition) is 5. The summed E-state index contributed by atoms with van der Waals surface area (Å²) in [4.78, 5) is 21.6. The molecule has 1 aromatic heterocycles. The lowest BCUT2D eigenvalue weighted by atomic mass is 10.1. The van der Waals surface area contributed by atoms with Crippen molar-refractivity contribution in [2.24, 2.45) is 0 Å². The van der Waals surface area contributed by atoms with Crippen LogP contribution in [0.5, 0.6) is 5.75 Å². The Bertz CT molecular complexity index is 941. The summed E-state index contributed by atoms with van der Waals surface area (Å²) in [5, 5.41) is 2.88. The van der Waals surface area contributed by atoms with Gasteiger partial charge in [0.05, 0.1) is 29.0 Å². The number of methoxy groups -OCH3 is 1. The monoisotopic (exact) mass is 351 g/mol. The van der Waals surface area contributed by atoms with Gasteiger partial charge in [-0.25, -0.2) is 9.97 Å². The molecule has 1 N–H and O–H groups in total. The molecule has 0 radical (unpaired) electrons. The van der Waals surface area contributed by atoms with Gasteiger partial charge in [0.15, 0.2) is 0 Å². The molecule has 1 heterocycles. The predicted octanol–water partition coefficient (Wildman–Crippen LogP) is 3.52. The molecule has 0 spiro atoms. The second kappa shape index (κ2) is 7.93.